The van der Waals surface area contributed by atoms with Crippen molar-refractivity contribution in [1.29, 1.82) is 0 Å². The van der Waals surface area contributed by atoms with Crippen molar-refractivity contribution in [3.63, 3.8) is 0 Å². The van der Waals surface area contributed by atoms with Gasteiger partial charge in [-0.05, 0) is 25.0 Å². The zero-order valence-electron chi connectivity index (χ0n) is 10.4. The molecule has 0 aliphatic rings. The van der Waals surface area contributed by atoms with E-state index in [-0.39, 0.29) is 11.7 Å². The van der Waals surface area contributed by atoms with Gasteiger partial charge in [-0.25, -0.2) is 0 Å². The Bertz CT molecular complexity index is 174. The number of esters is 1. The van der Waals surface area contributed by atoms with Gasteiger partial charge >= 0.3 is 5.97 Å². The van der Waals surface area contributed by atoms with Crippen molar-refractivity contribution in [1.82, 2.24) is 0 Å². The van der Waals surface area contributed by atoms with E-state index in [0.717, 1.165) is 6.42 Å². The smallest absolute Gasteiger partial charge is 0.315 e. The van der Waals surface area contributed by atoms with Crippen molar-refractivity contribution in [2.75, 3.05) is 18.1 Å². The summed E-state index contributed by atoms with van der Waals surface area (Å²) in [4.78, 5) is 10.9. The summed E-state index contributed by atoms with van der Waals surface area (Å²) < 4.78 is 5.05. The van der Waals surface area contributed by atoms with Gasteiger partial charge in [0.15, 0.2) is 0 Å². The number of carbonyl (C=O) groups is 1. The van der Waals surface area contributed by atoms with Crippen molar-refractivity contribution in [3.05, 3.63) is 0 Å². The van der Waals surface area contributed by atoms with Crippen LogP contribution in [0.25, 0.3) is 0 Å². The molecular formula is C12H24O2S2. The number of rotatable bonds is 10. The third kappa shape index (κ3) is 9.40. The summed E-state index contributed by atoms with van der Waals surface area (Å²) in [5.41, 5.74) is 0. The van der Waals surface area contributed by atoms with Gasteiger partial charge in [-0.2, -0.15) is 24.4 Å². The van der Waals surface area contributed by atoms with Crippen LogP contribution in [-0.4, -0.2) is 29.3 Å². The summed E-state index contributed by atoms with van der Waals surface area (Å²) in [5, 5.41) is 0.643. The van der Waals surface area contributed by atoms with E-state index >= 15 is 0 Å². The first-order valence-electron chi connectivity index (χ1n) is 6.12. The third-order valence-electron chi connectivity index (χ3n) is 2.29. The second-order valence-electron chi connectivity index (χ2n) is 3.80. The number of carbonyl (C=O) groups excluding carboxylic acids is 1. The summed E-state index contributed by atoms with van der Waals surface area (Å²) in [7, 11) is 0. The van der Waals surface area contributed by atoms with Gasteiger partial charge in [0.25, 0.3) is 0 Å². The Labute approximate surface area is 109 Å². The first kappa shape index (κ1) is 16.2. The van der Waals surface area contributed by atoms with Gasteiger partial charge in [0.05, 0.1) is 12.4 Å². The Morgan fingerprint density at radius 3 is 2.62 bits per heavy atom. The molecule has 0 radical (unpaired) electrons. The lowest BCUT2D eigenvalue weighted by Gasteiger charge is -2.15. The standard InChI is InChI=1S/C12H24O2S2/c1-3-5-9-16-11(6-4-2)7-8-14-12(13)10-15/h11,15H,3-10H2,1-2H3. The summed E-state index contributed by atoms with van der Waals surface area (Å²) >= 11 is 5.89. The highest BCUT2D eigenvalue weighted by molar-refractivity contribution is 7.99. The Morgan fingerprint density at radius 1 is 1.31 bits per heavy atom. The summed E-state index contributed by atoms with van der Waals surface area (Å²) in [6.07, 6.45) is 5.92. The number of hydrogen-bond acceptors (Lipinski definition) is 4. The second kappa shape index (κ2) is 11.6. The molecule has 0 aromatic rings. The normalized spacial score (nSPS) is 12.4. The van der Waals surface area contributed by atoms with Crippen LogP contribution in [0.1, 0.15) is 46.0 Å². The average molecular weight is 264 g/mol. The molecule has 0 aromatic carbocycles. The molecule has 1 unspecified atom stereocenters. The number of thiol groups is 1. The van der Waals surface area contributed by atoms with Crippen LogP contribution in [0.3, 0.4) is 0 Å². The maximum atomic E-state index is 10.9. The van der Waals surface area contributed by atoms with Crippen LogP contribution in [-0.2, 0) is 9.53 Å². The Hall–Kier alpha value is 0.170. The van der Waals surface area contributed by atoms with Gasteiger partial charge in [-0.1, -0.05) is 26.7 Å². The number of thioether (sulfide) groups is 1. The number of ether oxygens (including phenoxy) is 1. The molecule has 0 heterocycles. The van der Waals surface area contributed by atoms with E-state index in [1.54, 1.807) is 0 Å². The predicted molar refractivity (Wildman–Crippen MR) is 75.5 cm³/mol. The summed E-state index contributed by atoms with van der Waals surface area (Å²) in [6.45, 7) is 4.96. The molecule has 4 heteroatoms. The van der Waals surface area contributed by atoms with Crippen molar-refractivity contribution in [2.45, 2.75) is 51.2 Å². The lowest BCUT2D eigenvalue weighted by molar-refractivity contribution is -0.140. The van der Waals surface area contributed by atoms with Gasteiger partial charge in [-0.15, -0.1) is 0 Å². The average Bonchev–Trinajstić information content (AvgIpc) is 2.29. The molecule has 0 aromatic heterocycles. The molecule has 16 heavy (non-hydrogen) atoms. The van der Waals surface area contributed by atoms with Gasteiger partial charge in [0.2, 0.25) is 0 Å². The highest BCUT2D eigenvalue weighted by atomic mass is 32.2. The first-order chi connectivity index (χ1) is 7.74. The lowest BCUT2D eigenvalue weighted by Crippen LogP contribution is -2.12. The molecular weight excluding hydrogens is 240 g/mol. The van der Waals surface area contributed by atoms with Crippen LogP contribution in [0.4, 0.5) is 0 Å². The first-order valence-corrected chi connectivity index (χ1v) is 7.80. The zero-order valence-corrected chi connectivity index (χ0v) is 12.1. The predicted octanol–water partition coefficient (Wildman–Crippen LogP) is 3.55. The van der Waals surface area contributed by atoms with Gasteiger partial charge in [0, 0.05) is 5.25 Å². The molecule has 2 nitrogen and oxygen atoms in total. The van der Waals surface area contributed by atoms with E-state index in [4.69, 9.17) is 4.74 Å². The van der Waals surface area contributed by atoms with Crippen LogP contribution >= 0.6 is 24.4 Å². The molecule has 0 N–H and O–H groups in total. The zero-order chi connectivity index (χ0) is 12.2. The molecule has 0 spiro atoms. The van der Waals surface area contributed by atoms with Crippen LogP contribution in [0.15, 0.2) is 0 Å². The van der Waals surface area contributed by atoms with Crippen molar-refractivity contribution >= 4 is 30.4 Å². The fourth-order valence-corrected chi connectivity index (χ4v) is 2.92. The fourth-order valence-electron chi connectivity index (χ4n) is 1.38. The van der Waals surface area contributed by atoms with E-state index in [1.165, 1.54) is 31.4 Å². The molecule has 0 saturated carbocycles. The van der Waals surface area contributed by atoms with Crippen LogP contribution in [0, 0.1) is 0 Å². The molecule has 0 rings (SSSR count). The SMILES string of the molecule is CCCCSC(CCC)CCOC(=O)CS. The van der Waals surface area contributed by atoms with Gasteiger partial charge < -0.3 is 4.74 Å². The summed E-state index contributed by atoms with van der Waals surface area (Å²) in [6, 6.07) is 0. The molecule has 1 atom stereocenters. The van der Waals surface area contributed by atoms with Crippen molar-refractivity contribution in [2.24, 2.45) is 0 Å². The number of hydrogen-bond donors (Lipinski definition) is 1. The van der Waals surface area contributed by atoms with E-state index in [0.29, 0.717) is 11.9 Å². The molecule has 0 aliphatic carbocycles. The van der Waals surface area contributed by atoms with Gasteiger partial charge in [-0.3, -0.25) is 4.79 Å². The molecule has 0 fully saturated rings. The lowest BCUT2D eigenvalue weighted by atomic mass is 10.2. The minimum Gasteiger partial charge on any atom is -0.465 e. The molecule has 0 saturated heterocycles. The van der Waals surface area contributed by atoms with E-state index < -0.39 is 0 Å². The highest BCUT2D eigenvalue weighted by Gasteiger charge is 2.09. The van der Waals surface area contributed by atoms with Crippen LogP contribution < -0.4 is 0 Å². The molecule has 0 bridgehead atoms. The van der Waals surface area contributed by atoms with Crippen LogP contribution in [0.2, 0.25) is 0 Å². The Morgan fingerprint density at radius 2 is 2.06 bits per heavy atom. The third-order valence-corrected chi connectivity index (χ3v) is 4.02. The fraction of sp³-hybridized carbons (Fsp3) is 0.917. The van der Waals surface area contributed by atoms with E-state index in [2.05, 4.69) is 26.5 Å². The van der Waals surface area contributed by atoms with Crippen LogP contribution in [0.5, 0.6) is 0 Å². The molecule has 96 valence electrons. The Balaban J connectivity index is 3.62. The molecule has 0 aliphatic heterocycles. The van der Waals surface area contributed by atoms with Crippen molar-refractivity contribution < 1.29 is 9.53 Å². The van der Waals surface area contributed by atoms with Gasteiger partial charge in [0.1, 0.15) is 0 Å². The van der Waals surface area contributed by atoms with E-state index in [1.807, 2.05) is 11.8 Å². The summed E-state index contributed by atoms with van der Waals surface area (Å²) in [5.74, 6) is 1.19. The number of unbranched alkanes of at least 4 members (excludes halogenated alkanes) is 1. The second-order valence-corrected chi connectivity index (χ2v) is 5.53. The largest absolute Gasteiger partial charge is 0.465 e. The molecule has 0 amide bonds. The van der Waals surface area contributed by atoms with Crippen molar-refractivity contribution in [3.8, 4) is 0 Å². The van der Waals surface area contributed by atoms with E-state index in [9.17, 15) is 4.79 Å². The monoisotopic (exact) mass is 264 g/mol. The maximum absolute atomic E-state index is 10.9. The minimum atomic E-state index is -0.211. The Kier molecular flexibility index (Phi) is 11.8. The maximum Gasteiger partial charge on any atom is 0.315 e. The quantitative estimate of drug-likeness (QED) is 0.371. The minimum absolute atomic E-state index is 0.182. The topological polar surface area (TPSA) is 26.3 Å². The highest BCUT2D eigenvalue weighted by Crippen LogP contribution is 2.21.